The Hall–Kier alpha value is -1.13. The van der Waals surface area contributed by atoms with Crippen LogP contribution in [0.25, 0.3) is 0 Å². The Morgan fingerprint density at radius 3 is 2.81 bits per heavy atom. The van der Waals surface area contributed by atoms with Crippen LogP contribution in [0.3, 0.4) is 0 Å². The zero-order valence-corrected chi connectivity index (χ0v) is 10.1. The summed E-state index contributed by atoms with van der Waals surface area (Å²) in [4.78, 5) is 0. The Balaban J connectivity index is 2.14. The molecule has 1 aromatic heterocycles. The summed E-state index contributed by atoms with van der Waals surface area (Å²) in [7, 11) is 0. The fraction of sp³-hybridized carbons (Fsp3) is 0.167. The Bertz CT molecular complexity index is 470. The van der Waals surface area contributed by atoms with Crippen LogP contribution < -0.4 is 5.73 Å². The van der Waals surface area contributed by atoms with Gasteiger partial charge in [0.15, 0.2) is 0 Å². The highest BCUT2D eigenvalue weighted by atomic mass is 79.9. The Morgan fingerprint density at radius 1 is 1.38 bits per heavy atom. The average Bonchev–Trinajstić information content (AvgIpc) is 2.74. The molecule has 4 heteroatoms. The minimum absolute atomic E-state index is 0.256. The van der Waals surface area contributed by atoms with Gasteiger partial charge in [0.05, 0.1) is 10.7 Å². The van der Waals surface area contributed by atoms with Crippen molar-refractivity contribution >= 4 is 15.9 Å². The SMILES string of the molecule is NC(Cc1ccco1)c1ccc(Br)c(F)c1. The highest BCUT2D eigenvalue weighted by Crippen LogP contribution is 2.21. The van der Waals surface area contributed by atoms with Crippen LogP contribution in [0.2, 0.25) is 0 Å². The van der Waals surface area contributed by atoms with Crippen molar-refractivity contribution < 1.29 is 8.81 Å². The first-order valence-corrected chi connectivity index (χ1v) is 5.69. The molecule has 0 saturated carbocycles. The lowest BCUT2D eigenvalue weighted by Crippen LogP contribution is -2.13. The van der Waals surface area contributed by atoms with E-state index in [1.165, 1.54) is 6.07 Å². The molecule has 1 aromatic carbocycles. The summed E-state index contributed by atoms with van der Waals surface area (Å²) in [6, 6.07) is 8.32. The smallest absolute Gasteiger partial charge is 0.137 e. The van der Waals surface area contributed by atoms with E-state index >= 15 is 0 Å². The van der Waals surface area contributed by atoms with Crippen molar-refractivity contribution in [1.29, 1.82) is 0 Å². The molecule has 2 aromatic rings. The van der Waals surface area contributed by atoms with Crippen molar-refractivity contribution in [2.24, 2.45) is 5.73 Å². The van der Waals surface area contributed by atoms with Gasteiger partial charge >= 0.3 is 0 Å². The maximum Gasteiger partial charge on any atom is 0.137 e. The lowest BCUT2D eigenvalue weighted by Gasteiger charge is -2.10. The van der Waals surface area contributed by atoms with Crippen LogP contribution in [0.5, 0.6) is 0 Å². The van der Waals surface area contributed by atoms with Crippen LogP contribution in [0.15, 0.2) is 45.5 Å². The Morgan fingerprint density at radius 2 is 2.19 bits per heavy atom. The van der Waals surface area contributed by atoms with E-state index in [1.54, 1.807) is 18.4 Å². The summed E-state index contributed by atoms with van der Waals surface area (Å²) in [5, 5.41) is 0. The van der Waals surface area contributed by atoms with E-state index in [0.29, 0.717) is 10.9 Å². The van der Waals surface area contributed by atoms with Gasteiger partial charge in [0, 0.05) is 12.5 Å². The van der Waals surface area contributed by atoms with Crippen LogP contribution in [-0.2, 0) is 6.42 Å². The van der Waals surface area contributed by atoms with Crippen LogP contribution in [0, 0.1) is 5.82 Å². The molecule has 2 nitrogen and oxygen atoms in total. The zero-order valence-electron chi connectivity index (χ0n) is 8.49. The Labute approximate surface area is 101 Å². The summed E-state index contributed by atoms with van der Waals surface area (Å²) in [6.07, 6.45) is 2.16. The largest absolute Gasteiger partial charge is 0.469 e. The third-order valence-corrected chi connectivity index (χ3v) is 3.02. The summed E-state index contributed by atoms with van der Waals surface area (Å²) in [6.45, 7) is 0. The first kappa shape index (κ1) is 11.4. The molecular weight excluding hydrogens is 273 g/mol. The first-order chi connectivity index (χ1) is 7.66. The molecule has 0 radical (unpaired) electrons. The van der Waals surface area contributed by atoms with Gasteiger partial charge in [-0.1, -0.05) is 6.07 Å². The third kappa shape index (κ3) is 2.51. The quantitative estimate of drug-likeness (QED) is 0.938. The molecule has 0 bridgehead atoms. The number of nitrogens with two attached hydrogens (primary N) is 1. The summed E-state index contributed by atoms with van der Waals surface area (Å²) in [5.41, 5.74) is 6.72. The molecule has 84 valence electrons. The van der Waals surface area contributed by atoms with Crippen LogP contribution in [-0.4, -0.2) is 0 Å². The third-order valence-electron chi connectivity index (χ3n) is 2.37. The predicted molar refractivity (Wildman–Crippen MR) is 63.4 cm³/mol. The van der Waals surface area contributed by atoms with Gasteiger partial charge in [-0.3, -0.25) is 0 Å². The van der Waals surface area contributed by atoms with Crippen molar-refractivity contribution in [2.75, 3.05) is 0 Å². The molecular formula is C12H11BrFNO. The van der Waals surface area contributed by atoms with E-state index < -0.39 is 0 Å². The molecule has 0 spiro atoms. The minimum atomic E-state index is -0.299. The predicted octanol–water partition coefficient (Wildman–Crippen LogP) is 3.42. The number of halogens is 2. The van der Waals surface area contributed by atoms with E-state index in [2.05, 4.69) is 15.9 Å². The average molecular weight is 284 g/mol. The number of hydrogen-bond donors (Lipinski definition) is 1. The van der Waals surface area contributed by atoms with Gasteiger partial charge in [0.25, 0.3) is 0 Å². The molecule has 0 fully saturated rings. The summed E-state index contributed by atoms with van der Waals surface area (Å²) >= 11 is 3.10. The zero-order chi connectivity index (χ0) is 11.5. The highest BCUT2D eigenvalue weighted by Gasteiger charge is 2.10. The molecule has 0 aliphatic heterocycles. The highest BCUT2D eigenvalue weighted by molar-refractivity contribution is 9.10. The van der Waals surface area contributed by atoms with E-state index in [-0.39, 0.29) is 11.9 Å². The van der Waals surface area contributed by atoms with Gasteiger partial charge in [0.2, 0.25) is 0 Å². The molecule has 0 aliphatic carbocycles. The monoisotopic (exact) mass is 283 g/mol. The normalized spacial score (nSPS) is 12.7. The number of furan rings is 1. The van der Waals surface area contributed by atoms with Gasteiger partial charge in [-0.15, -0.1) is 0 Å². The topological polar surface area (TPSA) is 39.2 Å². The minimum Gasteiger partial charge on any atom is -0.469 e. The lowest BCUT2D eigenvalue weighted by atomic mass is 10.0. The van der Waals surface area contributed by atoms with E-state index in [4.69, 9.17) is 10.2 Å². The molecule has 2 rings (SSSR count). The van der Waals surface area contributed by atoms with Crippen molar-refractivity contribution in [3.05, 3.63) is 58.2 Å². The fourth-order valence-electron chi connectivity index (χ4n) is 1.51. The van der Waals surface area contributed by atoms with Gasteiger partial charge in [-0.05, 0) is 45.8 Å². The molecule has 2 N–H and O–H groups in total. The number of benzene rings is 1. The molecule has 1 unspecified atom stereocenters. The maximum absolute atomic E-state index is 13.3. The van der Waals surface area contributed by atoms with E-state index in [1.807, 2.05) is 12.1 Å². The molecule has 1 heterocycles. The molecule has 0 amide bonds. The van der Waals surface area contributed by atoms with Crippen molar-refractivity contribution in [1.82, 2.24) is 0 Å². The number of rotatable bonds is 3. The molecule has 0 aliphatic rings. The van der Waals surface area contributed by atoms with Crippen molar-refractivity contribution in [3.63, 3.8) is 0 Å². The van der Waals surface area contributed by atoms with Gasteiger partial charge in [0.1, 0.15) is 11.6 Å². The van der Waals surface area contributed by atoms with Crippen LogP contribution >= 0.6 is 15.9 Å². The summed E-state index contributed by atoms with van der Waals surface area (Å²) in [5.74, 6) is 0.503. The van der Waals surface area contributed by atoms with Gasteiger partial charge in [-0.25, -0.2) is 4.39 Å². The Kier molecular flexibility index (Phi) is 3.41. The van der Waals surface area contributed by atoms with Gasteiger partial charge < -0.3 is 10.2 Å². The second-order valence-corrected chi connectivity index (χ2v) is 4.42. The van der Waals surface area contributed by atoms with Crippen LogP contribution in [0.4, 0.5) is 4.39 Å². The van der Waals surface area contributed by atoms with Crippen molar-refractivity contribution in [3.8, 4) is 0 Å². The molecule has 0 saturated heterocycles. The first-order valence-electron chi connectivity index (χ1n) is 4.89. The van der Waals surface area contributed by atoms with Gasteiger partial charge in [-0.2, -0.15) is 0 Å². The standard InChI is InChI=1S/C12H11BrFNO/c13-10-4-3-8(6-11(10)14)12(15)7-9-2-1-5-16-9/h1-6,12H,7,15H2. The lowest BCUT2D eigenvalue weighted by molar-refractivity contribution is 0.487. The molecule has 1 atom stereocenters. The van der Waals surface area contributed by atoms with Crippen molar-refractivity contribution in [2.45, 2.75) is 12.5 Å². The summed E-state index contributed by atoms with van der Waals surface area (Å²) < 4.78 is 18.9. The number of hydrogen-bond acceptors (Lipinski definition) is 2. The maximum atomic E-state index is 13.3. The van der Waals surface area contributed by atoms with Crippen LogP contribution in [0.1, 0.15) is 17.4 Å². The van der Waals surface area contributed by atoms with E-state index in [0.717, 1.165) is 11.3 Å². The molecule has 16 heavy (non-hydrogen) atoms. The second kappa shape index (κ2) is 4.80. The van der Waals surface area contributed by atoms with E-state index in [9.17, 15) is 4.39 Å². The fourth-order valence-corrected chi connectivity index (χ4v) is 1.75. The second-order valence-electron chi connectivity index (χ2n) is 3.56.